The van der Waals surface area contributed by atoms with Crippen molar-refractivity contribution in [1.29, 1.82) is 0 Å². The van der Waals surface area contributed by atoms with E-state index in [0.29, 0.717) is 6.42 Å². The maximum Gasteiger partial charge on any atom is 0.240 e. The molecule has 3 heterocycles. The van der Waals surface area contributed by atoms with Gasteiger partial charge < -0.3 is 4.57 Å². The van der Waals surface area contributed by atoms with E-state index in [1.807, 2.05) is 17.7 Å². The molecule has 0 saturated carbocycles. The van der Waals surface area contributed by atoms with E-state index in [0.717, 1.165) is 16.3 Å². The third kappa shape index (κ3) is 2.69. The van der Waals surface area contributed by atoms with Gasteiger partial charge in [0, 0.05) is 30.1 Å². The monoisotopic (exact) mass is 296 g/mol. The first-order chi connectivity index (χ1) is 8.74. The number of amides is 1. The van der Waals surface area contributed by atoms with Gasteiger partial charge in [-0.15, -0.1) is 23.7 Å². The van der Waals surface area contributed by atoms with Crippen LogP contribution in [0.5, 0.6) is 0 Å². The first kappa shape index (κ1) is 13.8. The predicted octanol–water partition coefficient (Wildman–Crippen LogP) is 2.22. The molecule has 0 fully saturated rings. The van der Waals surface area contributed by atoms with Gasteiger partial charge in [0.2, 0.25) is 5.91 Å². The molecule has 1 atom stereocenters. The van der Waals surface area contributed by atoms with Gasteiger partial charge in [0.1, 0.15) is 0 Å². The molecule has 1 unspecified atom stereocenters. The average Bonchev–Trinajstić information content (AvgIpc) is 2.99. The molecular formula is C12H13ClN4OS. The van der Waals surface area contributed by atoms with E-state index in [1.165, 1.54) is 0 Å². The second kappa shape index (κ2) is 5.54. The summed E-state index contributed by atoms with van der Waals surface area (Å²) < 4.78 is 1.95. The zero-order chi connectivity index (χ0) is 12.5. The first-order valence-corrected chi connectivity index (χ1v) is 6.55. The number of carbonyl (C=O) groups excluding carboxylic acids is 1. The highest BCUT2D eigenvalue weighted by Gasteiger charge is 2.22. The summed E-state index contributed by atoms with van der Waals surface area (Å²) in [6, 6.07) is 2.07. The molecule has 1 N–H and O–H groups in total. The van der Waals surface area contributed by atoms with E-state index in [2.05, 4.69) is 27.0 Å². The number of aromatic nitrogens is 2. The van der Waals surface area contributed by atoms with E-state index >= 15 is 0 Å². The number of halogens is 1. The third-order valence-electron chi connectivity index (χ3n) is 2.90. The van der Waals surface area contributed by atoms with Crippen LogP contribution in [0.4, 0.5) is 0 Å². The molecule has 2 aromatic heterocycles. The Morgan fingerprint density at radius 2 is 2.37 bits per heavy atom. The minimum Gasteiger partial charge on any atom is -0.305 e. The van der Waals surface area contributed by atoms with Crippen molar-refractivity contribution in [3.8, 4) is 5.69 Å². The summed E-state index contributed by atoms with van der Waals surface area (Å²) in [5.41, 5.74) is 4.56. The van der Waals surface area contributed by atoms with Crippen molar-refractivity contribution in [1.82, 2.24) is 15.0 Å². The van der Waals surface area contributed by atoms with Crippen molar-refractivity contribution in [2.45, 2.75) is 13.3 Å². The Balaban J connectivity index is 0.00000133. The highest BCUT2D eigenvalue weighted by atomic mass is 35.5. The number of carbonyl (C=O) groups is 1. The molecule has 5 nitrogen and oxygen atoms in total. The topological polar surface area (TPSA) is 59.3 Å². The Morgan fingerprint density at radius 3 is 3.05 bits per heavy atom. The van der Waals surface area contributed by atoms with Crippen LogP contribution in [0.3, 0.4) is 0 Å². The number of hydrogen-bond donors (Lipinski definition) is 1. The predicted molar refractivity (Wildman–Crippen MR) is 77.1 cm³/mol. The minimum atomic E-state index is -0.0161. The summed E-state index contributed by atoms with van der Waals surface area (Å²) in [7, 11) is 0. The number of nitrogens with zero attached hydrogens (tertiary/aromatic N) is 3. The second-order valence-corrected chi connectivity index (χ2v) is 5.19. The molecule has 1 aliphatic heterocycles. The standard InChI is InChI=1S/C12H12N4OS.ClH/c1-8-4-11(17)14-15-12(8)10-5-9(6-18-10)16-3-2-13-7-16;/h2-3,5-8H,4H2,1H3,(H,14,17);1H. The SMILES string of the molecule is CC1CC(=O)NN=C1c1cc(-n2ccnc2)cs1.Cl. The van der Waals surface area contributed by atoms with Gasteiger partial charge in [-0.25, -0.2) is 10.4 Å². The second-order valence-electron chi connectivity index (χ2n) is 4.28. The number of thiophene rings is 1. The van der Waals surface area contributed by atoms with Gasteiger partial charge in [-0.3, -0.25) is 4.79 Å². The molecule has 1 amide bonds. The van der Waals surface area contributed by atoms with Gasteiger partial charge in [0.25, 0.3) is 0 Å². The lowest BCUT2D eigenvalue weighted by Crippen LogP contribution is -2.31. The van der Waals surface area contributed by atoms with Crippen LogP contribution in [0.2, 0.25) is 0 Å². The number of rotatable bonds is 2. The van der Waals surface area contributed by atoms with Crippen molar-refractivity contribution >= 4 is 35.4 Å². The van der Waals surface area contributed by atoms with Crippen LogP contribution >= 0.6 is 23.7 Å². The Kier molecular flexibility index (Phi) is 4.01. The molecule has 1 aliphatic rings. The average molecular weight is 297 g/mol. The molecule has 0 spiro atoms. The van der Waals surface area contributed by atoms with Crippen molar-refractivity contribution in [3.63, 3.8) is 0 Å². The number of imidazole rings is 1. The molecule has 0 aliphatic carbocycles. The summed E-state index contributed by atoms with van der Waals surface area (Å²) in [6.07, 6.45) is 5.91. The van der Waals surface area contributed by atoms with Gasteiger partial charge in [-0.2, -0.15) is 5.10 Å². The van der Waals surface area contributed by atoms with Crippen LogP contribution in [0.1, 0.15) is 18.2 Å². The van der Waals surface area contributed by atoms with E-state index in [1.54, 1.807) is 23.9 Å². The number of nitrogens with one attached hydrogen (secondary N) is 1. The Labute approximate surface area is 120 Å². The molecule has 19 heavy (non-hydrogen) atoms. The molecule has 7 heteroatoms. The summed E-state index contributed by atoms with van der Waals surface area (Å²) in [4.78, 5) is 16.3. The third-order valence-corrected chi connectivity index (χ3v) is 3.84. The molecule has 0 saturated heterocycles. The zero-order valence-corrected chi connectivity index (χ0v) is 11.9. The lowest BCUT2D eigenvalue weighted by molar-refractivity contribution is -0.121. The fourth-order valence-electron chi connectivity index (χ4n) is 1.96. The van der Waals surface area contributed by atoms with Gasteiger partial charge in [-0.1, -0.05) is 6.92 Å². The van der Waals surface area contributed by atoms with Crippen molar-refractivity contribution in [2.75, 3.05) is 0 Å². The van der Waals surface area contributed by atoms with Gasteiger partial charge in [0.05, 0.1) is 22.6 Å². The summed E-state index contributed by atoms with van der Waals surface area (Å²) in [5.74, 6) is 0.144. The van der Waals surface area contributed by atoms with Crippen molar-refractivity contribution in [2.24, 2.45) is 11.0 Å². The normalized spacial score (nSPS) is 18.5. The van der Waals surface area contributed by atoms with Crippen molar-refractivity contribution < 1.29 is 4.79 Å². The van der Waals surface area contributed by atoms with E-state index < -0.39 is 0 Å². The van der Waals surface area contributed by atoms with E-state index in [9.17, 15) is 4.79 Å². The lowest BCUT2D eigenvalue weighted by Gasteiger charge is -2.17. The fourth-order valence-corrected chi connectivity index (χ4v) is 2.95. The summed E-state index contributed by atoms with van der Waals surface area (Å²) in [5, 5.41) is 6.22. The molecule has 0 radical (unpaired) electrons. The molecule has 0 aromatic carbocycles. The van der Waals surface area contributed by atoms with Crippen LogP contribution in [0, 0.1) is 5.92 Å². The fraction of sp³-hybridized carbons (Fsp3) is 0.250. The first-order valence-electron chi connectivity index (χ1n) is 5.67. The molecule has 0 bridgehead atoms. The molecule has 100 valence electrons. The molecular weight excluding hydrogens is 284 g/mol. The van der Waals surface area contributed by atoms with Crippen LogP contribution in [-0.2, 0) is 4.79 Å². The maximum absolute atomic E-state index is 11.2. The highest BCUT2D eigenvalue weighted by molar-refractivity contribution is 7.12. The summed E-state index contributed by atoms with van der Waals surface area (Å²) in [6.45, 7) is 2.02. The Bertz CT molecular complexity index is 605. The Hall–Kier alpha value is -1.66. The quantitative estimate of drug-likeness (QED) is 0.924. The molecule has 3 rings (SSSR count). The van der Waals surface area contributed by atoms with Crippen LogP contribution in [0.25, 0.3) is 5.69 Å². The smallest absolute Gasteiger partial charge is 0.240 e. The largest absolute Gasteiger partial charge is 0.305 e. The number of hydrogen-bond acceptors (Lipinski definition) is 4. The Morgan fingerprint density at radius 1 is 1.53 bits per heavy atom. The lowest BCUT2D eigenvalue weighted by atomic mass is 9.99. The van der Waals surface area contributed by atoms with E-state index in [4.69, 9.17) is 0 Å². The minimum absolute atomic E-state index is 0. The van der Waals surface area contributed by atoms with Gasteiger partial charge in [-0.05, 0) is 6.07 Å². The maximum atomic E-state index is 11.2. The van der Waals surface area contributed by atoms with Crippen molar-refractivity contribution in [3.05, 3.63) is 35.0 Å². The number of hydrazone groups is 1. The van der Waals surface area contributed by atoms with Gasteiger partial charge >= 0.3 is 0 Å². The summed E-state index contributed by atoms with van der Waals surface area (Å²) >= 11 is 1.63. The zero-order valence-electron chi connectivity index (χ0n) is 10.2. The highest BCUT2D eigenvalue weighted by Crippen LogP contribution is 2.24. The molecule has 2 aromatic rings. The van der Waals surface area contributed by atoms with Crippen LogP contribution in [-0.4, -0.2) is 21.2 Å². The van der Waals surface area contributed by atoms with Gasteiger partial charge in [0.15, 0.2) is 0 Å². The van der Waals surface area contributed by atoms with E-state index in [-0.39, 0.29) is 24.2 Å². The van der Waals surface area contributed by atoms with Crippen LogP contribution < -0.4 is 5.43 Å². The van der Waals surface area contributed by atoms with Crippen LogP contribution in [0.15, 0.2) is 35.3 Å².